The number of hydrogen-bond acceptors (Lipinski definition) is 7. The van der Waals surface area contributed by atoms with E-state index in [-0.39, 0.29) is 10.7 Å². The number of amides is 1. The molecular formula is C22H30ClFN4O4. The van der Waals surface area contributed by atoms with Crippen molar-refractivity contribution in [2.24, 2.45) is 5.92 Å². The van der Waals surface area contributed by atoms with Crippen LogP contribution in [-0.4, -0.2) is 77.8 Å². The SMILES string of the molecule is CC(C)COCC(O)CN1CCN(Cc2nc(C(=O)Nc3ccc(F)c(Cl)c3)co2)CC1. The summed E-state index contributed by atoms with van der Waals surface area (Å²) >= 11 is 5.74. The number of halogens is 2. The zero-order chi connectivity index (χ0) is 23.1. The lowest BCUT2D eigenvalue weighted by atomic mass is 10.2. The molecule has 0 saturated carbocycles. The number of aliphatic hydroxyl groups is 1. The van der Waals surface area contributed by atoms with Gasteiger partial charge in [-0.3, -0.25) is 14.6 Å². The summed E-state index contributed by atoms with van der Waals surface area (Å²) in [5, 5.41) is 12.7. The predicted octanol–water partition coefficient (Wildman–Crippen LogP) is 2.87. The van der Waals surface area contributed by atoms with Gasteiger partial charge >= 0.3 is 0 Å². The predicted molar refractivity (Wildman–Crippen MR) is 119 cm³/mol. The summed E-state index contributed by atoms with van der Waals surface area (Å²) in [6.07, 6.45) is 0.809. The van der Waals surface area contributed by atoms with Crippen LogP contribution in [-0.2, 0) is 11.3 Å². The van der Waals surface area contributed by atoms with E-state index in [9.17, 15) is 14.3 Å². The number of β-amino-alcohol motifs (C(OH)–C–C–N with tert-alkyl or cyclic N) is 1. The minimum absolute atomic E-state index is 0.0709. The Labute approximate surface area is 192 Å². The topological polar surface area (TPSA) is 91.1 Å². The number of carbonyl (C=O) groups is 1. The number of rotatable bonds is 10. The monoisotopic (exact) mass is 468 g/mol. The Morgan fingerprint density at radius 1 is 1.28 bits per heavy atom. The second-order valence-electron chi connectivity index (χ2n) is 8.37. The fraction of sp³-hybridized carbons (Fsp3) is 0.545. The van der Waals surface area contributed by atoms with Crippen molar-refractivity contribution in [3.63, 3.8) is 0 Å². The number of nitrogens with zero attached hydrogens (tertiary/aromatic N) is 3. The molecule has 1 aliphatic heterocycles. The lowest BCUT2D eigenvalue weighted by molar-refractivity contribution is -0.000850. The fourth-order valence-electron chi connectivity index (χ4n) is 3.37. The number of anilines is 1. The van der Waals surface area contributed by atoms with Gasteiger partial charge in [0, 0.05) is 45.0 Å². The van der Waals surface area contributed by atoms with Crippen LogP contribution >= 0.6 is 11.6 Å². The molecule has 8 nitrogen and oxygen atoms in total. The Balaban J connectivity index is 1.41. The first-order valence-corrected chi connectivity index (χ1v) is 11.1. The van der Waals surface area contributed by atoms with E-state index < -0.39 is 17.8 Å². The highest BCUT2D eigenvalue weighted by molar-refractivity contribution is 6.31. The van der Waals surface area contributed by atoms with Crippen LogP contribution in [0.2, 0.25) is 5.02 Å². The standard InChI is InChI=1S/C22H30ClFN4O4/c1-15(2)12-31-13-17(29)10-27-5-7-28(8-6-27)11-21-26-20(14-32-21)22(30)25-16-3-4-19(24)18(23)9-16/h3-4,9,14-15,17,29H,5-8,10-13H2,1-2H3,(H,25,30). The van der Waals surface area contributed by atoms with Gasteiger partial charge in [-0.15, -0.1) is 0 Å². The minimum Gasteiger partial charge on any atom is -0.447 e. The quantitative estimate of drug-likeness (QED) is 0.554. The number of ether oxygens (including phenoxy) is 1. The normalized spacial score (nSPS) is 16.4. The van der Waals surface area contributed by atoms with Crippen LogP contribution in [0, 0.1) is 11.7 Å². The zero-order valence-corrected chi connectivity index (χ0v) is 19.1. The largest absolute Gasteiger partial charge is 0.447 e. The molecule has 0 radical (unpaired) electrons. The van der Waals surface area contributed by atoms with E-state index in [4.69, 9.17) is 20.8 Å². The van der Waals surface area contributed by atoms with E-state index in [2.05, 4.69) is 33.9 Å². The molecule has 2 N–H and O–H groups in total. The summed E-state index contributed by atoms with van der Waals surface area (Å²) in [5.41, 5.74) is 0.516. The van der Waals surface area contributed by atoms with E-state index in [1.165, 1.54) is 24.5 Å². The Hall–Kier alpha value is -2.04. The number of carbonyl (C=O) groups excluding carboxylic acids is 1. The van der Waals surface area contributed by atoms with Crippen LogP contribution in [0.5, 0.6) is 0 Å². The van der Waals surface area contributed by atoms with Gasteiger partial charge in [-0.1, -0.05) is 25.4 Å². The molecule has 32 heavy (non-hydrogen) atoms. The molecule has 1 amide bonds. The molecule has 1 aromatic heterocycles. The smallest absolute Gasteiger partial charge is 0.277 e. The van der Waals surface area contributed by atoms with E-state index in [1.54, 1.807) is 0 Å². The second-order valence-corrected chi connectivity index (χ2v) is 8.78. The van der Waals surface area contributed by atoms with Gasteiger partial charge in [0.2, 0.25) is 5.89 Å². The highest BCUT2D eigenvalue weighted by Gasteiger charge is 2.21. The van der Waals surface area contributed by atoms with Gasteiger partial charge < -0.3 is 19.6 Å². The fourth-order valence-corrected chi connectivity index (χ4v) is 3.55. The highest BCUT2D eigenvalue weighted by Crippen LogP contribution is 2.20. The van der Waals surface area contributed by atoms with Gasteiger partial charge in [-0.25, -0.2) is 9.37 Å². The van der Waals surface area contributed by atoms with Crippen molar-refractivity contribution in [3.8, 4) is 0 Å². The summed E-state index contributed by atoms with van der Waals surface area (Å²) < 4.78 is 24.2. The lowest BCUT2D eigenvalue weighted by Gasteiger charge is -2.34. The van der Waals surface area contributed by atoms with Crippen molar-refractivity contribution < 1.29 is 23.4 Å². The van der Waals surface area contributed by atoms with E-state index in [0.29, 0.717) is 43.8 Å². The van der Waals surface area contributed by atoms with Crippen LogP contribution in [0.3, 0.4) is 0 Å². The first-order chi connectivity index (χ1) is 15.3. The Kier molecular flexibility index (Phi) is 9.01. The van der Waals surface area contributed by atoms with Crippen LogP contribution in [0.4, 0.5) is 10.1 Å². The summed E-state index contributed by atoms with van der Waals surface area (Å²) in [5.74, 6) is -0.111. The molecule has 1 aliphatic rings. The van der Waals surface area contributed by atoms with Gasteiger partial charge in [0.15, 0.2) is 5.69 Å². The molecule has 3 rings (SSSR count). The summed E-state index contributed by atoms with van der Waals surface area (Å²) in [6.45, 7) is 9.48. The molecule has 10 heteroatoms. The third kappa shape index (κ3) is 7.53. The number of oxazole rings is 1. The molecule has 0 aliphatic carbocycles. The van der Waals surface area contributed by atoms with Gasteiger partial charge in [0.05, 0.1) is 24.3 Å². The summed E-state index contributed by atoms with van der Waals surface area (Å²) in [4.78, 5) is 21.0. The molecule has 0 bridgehead atoms. The van der Waals surface area contributed by atoms with Gasteiger partial charge in [-0.05, 0) is 24.1 Å². The minimum atomic E-state index is -0.553. The summed E-state index contributed by atoms with van der Waals surface area (Å²) in [6, 6.07) is 3.94. The molecule has 1 unspecified atom stereocenters. The van der Waals surface area contributed by atoms with Crippen molar-refractivity contribution in [2.45, 2.75) is 26.5 Å². The Bertz CT molecular complexity index is 887. The van der Waals surface area contributed by atoms with E-state index in [0.717, 1.165) is 26.2 Å². The molecule has 2 heterocycles. The van der Waals surface area contributed by atoms with Crippen LogP contribution in [0.25, 0.3) is 0 Å². The van der Waals surface area contributed by atoms with Crippen molar-refractivity contribution in [3.05, 3.63) is 46.9 Å². The molecule has 1 aromatic carbocycles. The van der Waals surface area contributed by atoms with Crippen LogP contribution in [0.1, 0.15) is 30.2 Å². The van der Waals surface area contributed by atoms with Crippen molar-refractivity contribution in [1.29, 1.82) is 0 Å². The third-order valence-electron chi connectivity index (χ3n) is 5.02. The maximum atomic E-state index is 13.2. The molecule has 0 spiro atoms. The van der Waals surface area contributed by atoms with Gasteiger partial charge in [-0.2, -0.15) is 0 Å². The number of benzene rings is 1. The number of nitrogens with one attached hydrogen (secondary N) is 1. The Morgan fingerprint density at radius 2 is 2.00 bits per heavy atom. The van der Waals surface area contributed by atoms with Crippen LogP contribution in [0.15, 0.2) is 28.9 Å². The molecule has 176 valence electrons. The molecule has 1 fully saturated rings. The van der Waals surface area contributed by atoms with Gasteiger partial charge in [0.1, 0.15) is 12.1 Å². The number of piperazine rings is 1. The lowest BCUT2D eigenvalue weighted by Crippen LogP contribution is -2.48. The zero-order valence-electron chi connectivity index (χ0n) is 18.4. The molecule has 1 saturated heterocycles. The Morgan fingerprint density at radius 3 is 2.69 bits per heavy atom. The van der Waals surface area contributed by atoms with E-state index >= 15 is 0 Å². The van der Waals surface area contributed by atoms with Gasteiger partial charge in [0.25, 0.3) is 5.91 Å². The molecule has 1 atom stereocenters. The third-order valence-corrected chi connectivity index (χ3v) is 5.31. The van der Waals surface area contributed by atoms with E-state index in [1.807, 2.05) is 0 Å². The number of hydrogen-bond donors (Lipinski definition) is 2. The maximum absolute atomic E-state index is 13.2. The second kappa shape index (κ2) is 11.7. The number of aliphatic hydroxyl groups excluding tert-OH is 1. The summed E-state index contributed by atoms with van der Waals surface area (Å²) in [7, 11) is 0. The van der Waals surface area contributed by atoms with Crippen molar-refractivity contribution in [2.75, 3.05) is 51.3 Å². The average molecular weight is 469 g/mol. The molecular weight excluding hydrogens is 439 g/mol. The van der Waals surface area contributed by atoms with Crippen LogP contribution < -0.4 is 5.32 Å². The van der Waals surface area contributed by atoms with Crippen molar-refractivity contribution >= 4 is 23.2 Å². The maximum Gasteiger partial charge on any atom is 0.277 e. The van der Waals surface area contributed by atoms with Crippen molar-refractivity contribution in [1.82, 2.24) is 14.8 Å². The first kappa shape index (κ1) is 24.6. The number of aromatic nitrogens is 1. The first-order valence-electron chi connectivity index (χ1n) is 10.7. The average Bonchev–Trinajstić information content (AvgIpc) is 3.20. The highest BCUT2D eigenvalue weighted by atomic mass is 35.5. The molecule has 2 aromatic rings.